The average Bonchev–Trinajstić information content (AvgIpc) is 2.28. The fraction of sp³-hybridized carbons (Fsp3) is 0.571. The molecule has 0 amide bonds. The van der Waals surface area contributed by atoms with Crippen LogP contribution in [0.25, 0.3) is 0 Å². The molecule has 18 heavy (non-hydrogen) atoms. The van der Waals surface area contributed by atoms with Crippen molar-refractivity contribution < 1.29 is 14.9 Å². The van der Waals surface area contributed by atoms with Crippen LogP contribution in [0.4, 0.5) is 0 Å². The lowest BCUT2D eigenvalue weighted by Crippen LogP contribution is -2.33. The molecule has 4 heteroatoms. The number of aromatic hydroxyl groups is 1. The van der Waals surface area contributed by atoms with Crippen molar-refractivity contribution in [2.75, 3.05) is 13.2 Å². The Balaban J connectivity index is 2.24. The van der Waals surface area contributed by atoms with Crippen LogP contribution in [0.1, 0.15) is 26.3 Å². The predicted octanol–water partition coefficient (Wildman–Crippen LogP) is 1.66. The van der Waals surface area contributed by atoms with Gasteiger partial charge in [0.05, 0.1) is 18.3 Å². The summed E-state index contributed by atoms with van der Waals surface area (Å²) in [5.74, 6) is 0.269. The molecule has 1 atom stereocenters. The van der Waals surface area contributed by atoms with Gasteiger partial charge in [-0.15, -0.1) is 0 Å². The fourth-order valence-electron chi connectivity index (χ4n) is 1.44. The molecule has 1 unspecified atom stereocenters. The van der Waals surface area contributed by atoms with Gasteiger partial charge >= 0.3 is 0 Å². The van der Waals surface area contributed by atoms with Gasteiger partial charge in [-0.3, -0.25) is 0 Å². The number of ether oxygens (including phenoxy) is 1. The van der Waals surface area contributed by atoms with Crippen molar-refractivity contribution in [2.45, 2.75) is 39.0 Å². The van der Waals surface area contributed by atoms with Gasteiger partial charge in [-0.05, 0) is 26.8 Å². The standard InChI is InChI=1S/C14H23NO3/c1-14(2,3)18-10-12(16)9-15-8-11-6-4-5-7-13(11)17/h4-7,12,15-17H,8-10H2,1-3H3. The van der Waals surface area contributed by atoms with E-state index in [1.807, 2.05) is 32.9 Å². The highest BCUT2D eigenvalue weighted by atomic mass is 16.5. The second-order valence-electron chi connectivity index (χ2n) is 5.34. The van der Waals surface area contributed by atoms with E-state index in [-0.39, 0.29) is 11.4 Å². The van der Waals surface area contributed by atoms with Crippen LogP contribution in [0.5, 0.6) is 5.75 Å². The lowest BCUT2D eigenvalue weighted by Gasteiger charge is -2.22. The van der Waals surface area contributed by atoms with Crippen molar-refractivity contribution in [1.29, 1.82) is 0 Å². The van der Waals surface area contributed by atoms with E-state index in [9.17, 15) is 10.2 Å². The van der Waals surface area contributed by atoms with E-state index in [0.29, 0.717) is 19.7 Å². The van der Waals surface area contributed by atoms with E-state index in [4.69, 9.17) is 4.74 Å². The lowest BCUT2D eigenvalue weighted by atomic mass is 10.2. The summed E-state index contributed by atoms with van der Waals surface area (Å²) in [7, 11) is 0. The highest BCUT2D eigenvalue weighted by Crippen LogP contribution is 2.14. The highest BCUT2D eigenvalue weighted by molar-refractivity contribution is 5.31. The number of aliphatic hydroxyl groups excluding tert-OH is 1. The monoisotopic (exact) mass is 253 g/mol. The minimum Gasteiger partial charge on any atom is -0.508 e. The SMILES string of the molecule is CC(C)(C)OCC(O)CNCc1ccccc1O. The predicted molar refractivity (Wildman–Crippen MR) is 71.5 cm³/mol. The van der Waals surface area contributed by atoms with E-state index in [1.165, 1.54) is 0 Å². The molecule has 4 nitrogen and oxygen atoms in total. The first-order valence-electron chi connectivity index (χ1n) is 6.18. The van der Waals surface area contributed by atoms with Gasteiger partial charge in [0.25, 0.3) is 0 Å². The molecule has 0 aliphatic rings. The van der Waals surface area contributed by atoms with Crippen LogP contribution in [0.2, 0.25) is 0 Å². The maximum atomic E-state index is 9.71. The summed E-state index contributed by atoms with van der Waals surface area (Å²) in [6, 6.07) is 7.15. The van der Waals surface area contributed by atoms with Crippen LogP contribution in [0.15, 0.2) is 24.3 Å². The minimum atomic E-state index is -0.546. The molecule has 0 aliphatic carbocycles. The number of phenolic OH excluding ortho intramolecular Hbond substituents is 1. The molecule has 1 aromatic carbocycles. The molecule has 1 aromatic rings. The topological polar surface area (TPSA) is 61.7 Å². The molecular formula is C14H23NO3. The maximum absolute atomic E-state index is 9.71. The van der Waals surface area contributed by atoms with Gasteiger partial charge in [-0.1, -0.05) is 18.2 Å². The molecule has 102 valence electrons. The van der Waals surface area contributed by atoms with Crippen molar-refractivity contribution >= 4 is 0 Å². The molecule has 0 aliphatic heterocycles. The van der Waals surface area contributed by atoms with Crippen LogP contribution >= 0.6 is 0 Å². The number of hydrogen-bond donors (Lipinski definition) is 3. The van der Waals surface area contributed by atoms with E-state index in [1.54, 1.807) is 12.1 Å². The fourth-order valence-corrected chi connectivity index (χ4v) is 1.44. The Morgan fingerprint density at radius 3 is 2.56 bits per heavy atom. The molecule has 3 N–H and O–H groups in total. The van der Waals surface area contributed by atoms with Crippen molar-refractivity contribution in [3.63, 3.8) is 0 Å². The van der Waals surface area contributed by atoms with Gasteiger partial charge in [-0.25, -0.2) is 0 Å². The van der Waals surface area contributed by atoms with E-state index in [0.717, 1.165) is 5.56 Å². The third-order valence-corrected chi connectivity index (χ3v) is 2.40. The first-order valence-corrected chi connectivity index (χ1v) is 6.18. The molecule has 0 saturated heterocycles. The Morgan fingerprint density at radius 2 is 1.94 bits per heavy atom. The molecule has 1 rings (SSSR count). The first-order chi connectivity index (χ1) is 8.38. The molecular weight excluding hydrogens is 230 g/mol. The van der Waals surface area contributed by atoms with Crippen LogP contribution < -0.4 is 5.32 Å². The number of nitrogens with one attached hydrogen (secondary N) is 1. The zero-order chi connectivity index (χ0) is 13.6. The Hall–Kier alpha value is -1.10. The minimum absolute atomic E-state index is 0.237. The number of para-hydroxylation sites is 1. The lowest BCUT2D eigenvalue weighted by molar-refractivity contribution is -0.0479. The molecule has 0 heterocycles. The molecule has 0 fully saturated rings. The number of benzene rings is 1. The third kappa shape index (κ3) is 6.00. The second-order valence-corrected chi connectivity index (χ2v) is 5.34. The molecule has 0 saturated carbocycles. The summed E-state index contributed by atoms with van der Waals surface area (Å²) in [6.07, 6.45) is -0.546. The summed E-state index contributed by atoms with van der Waals surface area (Å²) >= 11 is 0. The Labute approximate surface area is 109 Å². The van der Waals surface area contributed by atoms with E-state index < -0.39 is 6.10 Å². The molecule has 0 radical (unpaired) electrons. The van der Waals surface area contributed by atoms with Gasteiger partial charge in [-0.2, -0.15) is 0 Å². The largest absolute Gasteiger partial charge is 0.508 e. The third-order valence-electron chi connectivity index (χ3n) is 2.40. The van der Waals surface area contributed by atoms with Crippen molar-refractivity contribution in [1.82, 2.24) is 5.32 Å². The zero-order valence-electron chi connectivity index (χ0n) is 11.3. The normalized spacial score (nSPS) is 13.6. The highest BCUT2D eigenvalue weighted by Gasteiger charge is 2.13. The Morgan fingerprint density at radius 1 is 1.28 bits per heavy atom. The van der Waals surface area contributed by atoms with Crippen LogP contribution in [0.3, 0.4) is 0 Å². The van der Waals surface area contributed by atoms with Crippen LogP contribution in [-0.2, 0) is 11.3 Å². The maximum Gasteiger partial charge on any atom is 0.120 e. The summed E-state index contributed by atoms with van der Waals surface area (Å²) in [4.78, 5) is 0. The number of aliphatic hydroxyl groups is 1. The Bertz CT molecular complexity index is 360. The van der Waals surface area contributed by atoms with Gasteiger partial charge in [0.1, 0.15) is 5.75 Å². The molecule has 0 aromatic heterocycles. The van der Waals surface area contributed by atoms with Crippen molar-refractivity contribution in [2.24, 2.45) is 0 Å². The van der Waals surface area contributed by atoms with Crippen molar-refractivity contribution in [3.05, 3.63) is 29.8 Å². The van der Waals surface area contributed by atoms with Gasteiger partial charge in [0.2, 0.25) is 0 Å². The quantitative estimate of drug-likeness (QED) is 0.721. The Kier molecular flexibility index (Phi) is 5.59. The number of phenols is 1. The summed E-state index contributed by atoms with van der Waals surface area (Å²) in [5.41, 5.74) is 0.583. The number of rotatable bonds is 6. The van der Waals surface area contributed by atoms with Gasteiger partial charge in [0.15, 0.2) is 0 Å². The van der Waals surface area contributed by atoms with Crippen LogP contribution in [-0.4, -0.2) is 35.1 Å². The van der Waals surface area contributed by atoms with E-state index >= 15 is 0 Å². The first kappa shape index (κ1) is 15.0. The molecule has 0 spiro atoms. The van der Waals surface area contributed by atoms with Crippen molar-refractivity contribution in [3.8, 4) is 5.75 Å². The van der Waals surface area contributed by atoms with E-state index in [2.05, 4.69) is 5.32 Å². The smallest absolute Gasteiger partial charge is 0.120 e. The summed E-state index contributed by atoms with van der Waals surface area (Å²) < 4.78 is 5.48. The van der Waals surface area contributed by atoms with Crippen LogP contribution in [0, 0.1) is 0 Å². The van der Waals surface area contributed by atoms with Gasteiger partial charge < -0.3 is 20.3 Å². The zero-order valence-corrected chi connectivity index (χ0v) is 11.3. The molecule has 0 bridgehead atoms. The summed E-state index contributed by atoms with van der Waals surface area (Å²) in [6.45, 7) is 7.13. The second kappa shape index (κ2) is 6.73. The van der Waals surface area contributed by atoms with Gasteiger partial charge in [0, 0.05) is 18.7 Å². The number of hydrogen-bond acceptors (Lipinski definition) is 4. The average molecular weight is 253 g/mol. The summed E-state index contributed by atoms with van der Waals surface area (Å²) in [5, 5.41) is 22.4.